The summed E-state index contributed by atoms with van der Waals surface area (Å²) in [5.41, 5.74) is 5.26. The van der Waals surface area contributed by atoms with Gasteiger partial charge in [-0.3, -0.25) is 0 Å². The number of anilines is 1. The van der Waals surface area contributed by atoms with Crippen molar-refractivity contribution in [2.75, 3.05) is 11.4 Å². The zero-order valence-electron chi connectivity index (χ0n) is 16.5. The van der Waals surface area contributed by atoms with E-state index in [2.05, 4.69) is 80.6 Å². The number of tetrazole rings is 1. The van der Waals surface area contributed by atoms with Gasteiger partial charge in [0.05, 0.1) is 6.04 Å². The van der Waals surface area contributed by atoms with Crippen LogP contribution in [0.3, 0.4) is 0 Å². The minimum atomic E-state index is 0.0428. The maximum absolute atomic E-state index is 4.57. The number of aryl methyl sites for hydroxylation is 1. The van der Waals surface area contributed by atoms with E-state index >= 15 is 0 Å². The van der Waals surface area contributed by atoms with Crippen molar-refractivity contribution in [1.82, 2.24) is 20.2 Å². The molecule has 1 aliphatic heterocycles. The molecule has 1 fully saturated rings. The molecule has 1 atom stereocenters. The smallest absolute Gasteiger partial charge is 0.178 e. The molecule has 0 amide bonds. The predicted molar refractivity (Wildman–Crippen MR) is 110 cm³/mol. The lowest BCUT2D eigenvalue weighted by Gasteiger charge is -2.32. The van der Waals surface area contributed by atoms with Crippen LogP contribution in [0.5, 0.6) is 0 Å². The molecule has 0 bridgehead atoms. The van der Waals surface area contributed by atoms with E-state index in [1.807, 2.05) is 0 Å². The normalized spacial score (nSPS) is 18.2. The third-order valence-electron chi connectivity index (χ3n) is 6.31. The first-order chi connectivity index (χ1) is 13.8. The lowest BCUT2D eigenvalue weighted by molar-refractivity contribution is 0.313. The summed E-state index contributed by atoms with van der Waals surface area (Å²) in [6.45, 7) is 3.13. The van der Waals surface area contributed by atoms with E-state index < -0.39 is 0 Å². The van der Waals surface area contributed by atoms with Gasteiger partial charge in [-0.15, -0.1) is 5.10 Å². The van der Waals surface area contributed by atoms with Gasteiger partial charge < -0.3 is 4.90 Å². The SMILES string of the molecule is Cc1ccc([C@@H](c2nnnn2C2CCCCC2)N2CCc3ccccc32)cc1. The fraction of sp³-hybridized carbons (Fsp3) is 0.435. The highest BCUT2D eigenvalue weighted by atomic mass is 15.6. The van der Waals surface area contributed by atoms with Crippen LogP contribution in [0, 0.1) is 6.92 Å². The summed E-state index contributed by atoms with van der Waals surface area (Å²) in [4.78, 5) is 2.49. The van der Waals surface area contributed by atoms with Crippen LogP contribution in [0.15, 0.2) is 48.5 Å². The van der Waals surface area contributed by atoms with Crippen molar-refractivity contribution in [2.24, 2.45) is 0 Å². The molecule has 0 unspecified atom stereocenters. The number of hydrogen-bond donors (Lipinski definition) is 0. The Hall–Kier alpha value is -2.69. The maximum atomic E-state index is 4.57. The molecule has 2 aromatic carbocycles. The highest BCUT2D eigenvalue weighted by Crippen LogP contribution is 2.39. The van der Waals surface area contributed by atoms with Crippen molar-refractivity contribution < 1.29 is 0 Å². The number of hydrogen-bond acceptors (Lipinski definition) is 4. The van der Waals surface area contributed by atoms with Crippen LogP contribution in [0.2, 0.25) is 0 Å². The molecule has 1 aromatic heterocycles. The fourth-order valence-electron chi connectivity index (χ4n) is 4.82. The first-order valence-corrected chi connectivity index (χ1v) is 10.5. The average Bonchev–Trinajstić information content (AvgIpc) is 3.39. The lowest BCUT2D eigenvalue weighted by Crippen LogP contribution is -2.31. The van der Waals surface area contributed by atoms with Crippen LogP contribution in [0.4, 0.5) is 5.69 Å². The molecular weight excluding hydrogens is 346 g/mol. The minimum Gasteiger partial charge on any atom is -0.357 e. The second-order valence-electron chi connectivity index (χ2n) is 8.16. The standard InChI is InChI=1S/C23H27N5/c1-17-11-13-19(14-12-17)22(27-16-15-18-7-5-6-10-21(18)27)23-24-25-26-28(23)20-8-3-2-4-9-20/h5-7,10-14,20,22H,2-4,8-9,15-16H2,1H3/t22-/m0/s1. The average molecular weight is 374 g/mol. The zero-order valence-corrected chi connectivity index (χ0v) is 16.5. The van der Waals surface area contributed by atoms with Crippen molar-refractivity contribution in [2.45, 2.75) is 57.5 Å². The molecule has 28 heavy (non-hydrogen) atoms. The van der Waals surface area contributed by atoms with Crippen molar-refractivity contribution in [3.63, 3.8) is 0 Å². The Morgan fingerprint density at radius 2 is 1.75 bits per heavy atom. The zero-order chi connectivity index (χ0) is 18.9. The van der Waals surface area contributed by atoms with Gasteiger partial charge in [-0.25, -0.2) is 4.68 Å². The van der Waals surface area contributed by atoms with Crippen molar-refractivity contribution in [1.29, 1.82) is 0 Å². The van der Waals surface area contributed by atoms with E-state index in [1.165, 1.54) is 54.5 Å². The molecule has 0 spiro atoms. The first kappa shape index (κ1) is 17.4. The largest absolute Gasteiger partial charge is 0.357 e. The van der Waals surface area contributed by atoms with E-state index in [-0.39, 0.29) is 6.04 Å². The molecule has 2 heterocycles. The van der Waals surface area contributed by atoms with Gasteiger partial charge >= 0.3 is 0 Å². The number of para-hydroxylation sites is 1. The Bertz CT molecular complexity index is 940. The number of aromatic nitrogens is 4. The van der Waals surface area contributed by atoms with Gasteiger partial charge in [0.2, 0.25) is 0 Å². The summed E-state index contributed by atoms with van der Waals surface area (Å²) in [7, 11) is 0. The fourth-order valence-corrected chi connectivity index (χ4v) is 4.82. The molecule has 0 saturated heterocycles. The summed E-state index contributed by atoms with van der Waals surface area (Å²) in [6.07, 6.45) is 7.29. The predicted octanol–water partition coefficient (Wildman–Crippen LogP) is 4.64. The summed E-state index contributed by atoms with van der Waals surface area (Å²) < 4.78 is 2.13. The Kier molecular flexibility index (Phi) is 4.59. The van der Waals surface area contributed by atoms with Crippen LogP contribution in [0.25, 0.3) is 0 Å². The molecule has 1 saturated carbocycles. The Balaban J connectivity index is 1.60. The maximum Gasteiger partial charge on any atom is 0.178 e. The third-order valence-corrected chi connectivity index (χ3v) is 6.31. The summed E-state index contributed by atoms with van der Waals surface area (Å²) in [5.74, 6) is 0.979. The quantitative estimate of drug-likeness (QED) is 0.668. The molecular formula is C23H27N5. The second-order valence-corrected chi connectivity index (χ2v) is 8.16. The van der Waals surface area contributed by atoms with Gasteiger partial charge in [0.15, 0.2) is 5.82 Å². The molecule has 5 nitrogen and oxygen atoms in total. The van der Waals surface area contributed by atoms with Gasteiger partial charge in [0.1, 0.15) is 6.04 Å². The molecule has 0 radical (unpaired) electrons. The Morgan fingerprint density at radius 3 is 2.57 bits per heavy atom. The van der Waals surface area contributed by atoms with Crippen LogP contribution in [-0.2, 0) is 6.42 Å². The van der Waals surface area contributed by atoms with Crippen molar-refractivity contribution >= 4 is 5.69 Å². The third kappa shape index (κ3) is 3.09. The summed E-state index contributed by atoms with van der Waals surface area (Å²) in [5, 5.41) is 13.2. The van der Waals surface area contributed by atoms with Gasteiger partial charge in [-0.1, -0.05) is 67.3 Å². The van der Waals surface area contributed by atoms with Crippen LogP contribution >= 0.6 is 0 Å². The van der Waals surface area contributed by atoms with Crippen LogP contribution in [-0.4, -0.2) is 26.8 Å². The molecule has 3 aromatic rings. The summed E-state index contributed by atoms with van der Waals surface area (Å²) in [6, 6.07) is 18.1. The van der Waals surface area contributed by atoms with E-state index in [4.69, 9.17) is 0 Å². The number of benzene rings is 2. The summed E-state index contributed by atoms with van der Waals surface area (Å²) >= 11 is 0. The highest BCUT2D eigenvalue weighted by Gasteiger charge is 2.33. The molecule has 0 N–H and O–H groups in total. The molecule has 1 aliphatic carbocycles. The number of nitrogens with zero attached hydrogens (tertiary/aromatic N) is 5. The minimum absolute atomic E-state index is 0.0428. The number of fused-ring (bicyclic) bond motifs is 1. The molecule has 2 aliphatic rings. The van der Waals surface area contributed by atoms with Gasteiger partial charge in [0, 0.05) is 12.2 Å². The van der Waals surface area contributed by atoms with E-state index in [1.54, 1.807) is 0 Å². The van der Waals surface area contributed by atoms with Gasteiger partial charge in [0.25, 0.3) is 0 Å². The second kappa shape index (κ2) is 7.38. The molecule has 5 rings (SSSR count). The van der Waals surface area contributed by atoms with E-state index in [0.717, 1.165) is 18.8 Å². The Labute approximate surface area is 166 Å². The molecule has 144 valence electrons. The van der Waals surface area contributed by atoms with E-state index in [0.29, 0.717) is 6.04 Å². The van der Waals surface area contributed by atoms with Gasteiger partial charge in [-0.2, -0.15) is 0 Å². The molecule has 5 heteroatoms. The Morgan fingerprint density at radius 1 is 0.964 bits per heavy atom. The number of rotatable bonds is 4. The first-order valence-electron chi connectivity index (χ1n) is 10.5. The van der Waals surface area contributed by atoms with Crippen molar-refractivity contribution in [3.05, 3.63) is 71.0 Å². The van der Waals surface area contributed by atoms with Crippen LogP contribution < -0.4 is 4.90 Å². The lowest BCUT2D eigenvalue weighted by atomic mass is 9.95. The highest BCUT2D eigenvalue weighted by molar-refractivity contribution is 5.60. The topological polar surface area (TPSA) is 46.8 Å². The van der Waals surface area contributed by atoms with Crippen molar-refractivity contribution in [3.8, 4) is 0 Å². The van der Waals surface area contributed by atoms with Gasteiger partial charge in [-0.05, 0) is 53.8 Å². The monoisotopic (exact) mass is 373 g/mol. The van der Waals surface area contributed by atoms with E-state index in [9.17, 15) is 0 Å². The van der Waals surface area contributed by atoms with Crippen LogP contribution in [0.1, 0.15) is 66.7 Å².